The molecule has 1 saturated heterocycles. The molecule has 33 heavy (non-hydrogen) atoms. The van der Waals surface area contributed by atoms with Crippen molar-refractivity contribution in [2.45, 2.75) is 12.5 Å². The zero-order chi connectivity index (χ0) is 22.7. The van der Waals surface area contributed by atoms with E-state index in [0.29, 0.717) is 12.6 Å². The number of benzene rings is 3. The lowest BCUT2D eigenvalue weighted by molar-refractivity contribution is -0.116. The summed E-state index contributed by atoms with van der Waals surface area (Å²) in [5, 5.41) is 3.00. The van der Waals surface area contributed by atoms with Crippen LogP contribution in [-0.2, 0) is 4.79 Å². The van der Waals surface area contributed by atoms with E-state index in [1.54, 1.807) is 6.08 Å². The highest BCUT2D eigenvalue weighted by Gasteiger charge is 2.26. The van der Waals surface area contributed by atoms with Gasteiger partial charge in [0.2, 0.25) is 5.91 Å². The molecular formula is C29H33N3O. The van der Waals surface area contributed by atoms with E-state index in [-0.39, 0.29) is 5.91 Å². The van der Waals surface area contributed by atoms with Gasteiger partial charge in [-0.3, -0.25) is 9.69 Å². The molecule has 0 saturated carbocycles. The van der Waals surface area contributed by atoms with E-state index < -0.39 is 0 Å². The lowest BCUT2D eigenvalue weighted by Gasteiger charge is -2.39. The van der Waals surface area contributed by atoms with Gasteiger partial charge in [0.25, 0.3) is 0 Å². The van der Waals surface area contributed by atoms with E-state index in [1.807, 2.05) is 36.4 Å². The van der Waals surface area contributed by atoms with E-state index in [4.69, 9.17) is 0 Å². The first-order valence-electron chi connectivity index (χ1n) is 11.9. The van der Waals surface area contributed by atoms with Crippen molar-refractivity contribution in [2.75, 3.05) is 39.3 Å². The van der Waals surface area contributed by atoms with Crippen molar-refractivity contribution < 1.29 is 4.79 Å². The van der Waals surface area contributed by atoms with Gasteiger partial charge in [0, 0.05) is 38.8 Å². The summed E-state index contributed by atoms with van der Waals surface area (Å²) < 4.78 is 0. The summed E-state index contributed by atoms with van der Waals surface area (Å²) in [4.78, 5) is 17.1. The molecular weight excluding hydrogens is 406 g/mol. The number of nitrogens with one attached hydrogen (secondary N) is 1. The van der Waals surface area contributed by atoms with Gasteiger partial charge < -0.3 is 10.2 Å². The summed E-state index contributed by atoms with van der Waals surface area (Å²) in [5.74, 6) is -0.0303. The second-order valence-corrected chi connectivity index (χ2v) is 8.49. The summed E-state index contributed by atoms with van der Waals surface area (Å²) in [6.07, 6.45) is 4.43. The molecule has 170 valence electrons. The molecule has 0 spiro atoms. The minimum Gasteiger partial charge on any atom is -0.353 e. The van der Waals surface area contributed by atoms with Crippen molar-refractivity contribution in [2.24, 2.45) is 0 Å². The van der Waals surface area contributed by atoms with Gasteiger partial charge in [0.05, 0.1) is 6.04 Å². The molecule has 1 aliphatic heterocycles. The molecule has 0 radical (unpaired) electrons. The summed E-state index contributed by atoms with van der Waals surface area (Å²) in [7, 11) is 0. The van der Waals surface area contributed by atoms with Crippen LogP contribution in [0.4, 0.5) is 0 Å². The fourth-order valence-corrected chi connectivity index (χ4v) is 4.44. The van der Waals surface area contributed by atoms with Crippen molar-refractivity contribution in [3.8, 4) is 0 Å². The van der Waals surface area contributed by atoms with Gasteiger partial charge >= 0.3 is 0 Å². The van der Waals surface area contributed by atoms with Gasteiger partial charge in [0.1, 0.15) is 0 Å². The predicted molar refractivity (Wildman–Crippen MR) is 136 cm³/mol. The quantitative estimate of drug-likeness (QED) is 0.391. The van der Waals surface area contributed by atoms with Gasteiger partial charge in [-0.25, -0.2) is 0 Å². The fraction of sp³-hybridized carbons (Fsp3) is 0.276. The number of nitrogens with zero attached hydrogens (tertiary/aromatic N) is 2. The highest BCUT2D eigenvalue weighted by Crippen LogP contribution is 2.29. The van der Waals surface area contributed by atoms with Crippen molar-refractivity contribution in [3.63, 3.8) is 0 Å². The lowest BCUT2D eigenvalue weighted by atomic mass is 9.96. The molecule has 4 heteroatoms. The Morgan fingerprint density at radius 2 is 1.33 bits per heavy atom. The van der Waals surface area contributed by atoms with E-state index in [9.17, 15) is 4.79 Å². The first-order chi connectivity index (χ1) is 16.3. The Morgan fingerprint density at radius 3 is 1.91 bits per heavy atom. The summed E-state index contributed by atoms with van der Waals surface area (Å²) >= 11 is 0. The Labute approximate surface area is 197 Å². The van der Waals surface area contributed by atoms with Gasteiger partial charge in [-0.15, -0.1) is 0 Å². The average molecular weight is 440 g/mol. The summed E-state index contributed by atoms with van der Waals surface area (Å²) in [5.41, 5.74) is 3.74. The molecule has 0 aromatic heterocycles. The minimum absolute atomic E-state index is 0.0303. The largest absolute Gasteiger partial charge is 0.353 e. The molecule has 3 aromatic carbocycles. The number of amides is 1. The van der Waals surface area contributed by atoms with E-state index in [1.165, 1.54) is 11.1 Å². The average Bonchev–Trinajstić information content (AvgIpc) is 2.88. The Hall–Kier alpha value is -3.21. The van der Waals surface area contributed by atoms with Crippen LogP contribution >= 0.6 is 0 Å². The normalized spacial score (nSPS) is 15.2. The van der Waals surface area contributed by atoms with Crippen LogP contribution in [0, 0.1) is 0 Å². The molecule has 3 aromatic rings. The van der Waals surface area contributed by atoms with Crippen LogP contribution in [0.5, 0.6) is 0 Å². The lowest BCUT2D eigenvalue weighted by Crippen LogP contribution is -2.48. The number of rotatable bonds is 9. The van der Waals surface area contributed by atoms with Crippen molar-refractivity contribution >= 4 is 12.0 Å². The molecule has 0 aliphatic carbocycles. The fourth-order valence-electron chi connectivity index (χ4n) is 4.44. The molecule has 1 aliphatic rings. The number of carbonyl (C=O) groups excluding carboxylic acids is 1. The molecule has 1 fully saturated rings. The van der Waals surface area contributed by atoms with E-state index >= 15 is 0 Å². The topological polar surface area (TPSA) is 35.6 Å². The van der Waals surface area contributed by atoms with Crippen LogP contribution in [0.1, 0.15) is 29.2 Å². The zero-order valence-electron chi connectivity index (χ0n) is 19.1. The zero-order valence-corrected chi connectivity index (χ0v) is 19.1. The van der Waals surface area contributed by atoms with E-state index in [2.05, 4.69) is 75.8 Å². The van der Waals surface area contributed by atoms with Crippen molar-refractivity contribution in [3.05, 3.63) is 114 Å². The Bertz CT molecular complexity index is 957. The van der Waals surface area contributed by atoms with Crippen LogP contribution < -0.4 is 5.32 Å². The maximum Gasteiger partial charge on any atom is 0.243 e. The van der Waals surface area contributed by atoms with Gasteiger partial charge in [-0.2, -0.15) is 0 Å². The summed E-state index contributed by atoms with van der Waals surface area (Å²) in [6.45, 7) is 5.91. The predicted octanol–water partition coefficient (Wildman–Crippen LogP) is 4.61. The van der Waals surface area contributed by atoms with Gasteiger partial charge in [-0.1, -0.05) is 91.0 Å². The van der Waals surface area contributed by atoms with Crippen LogP contribution in [0.25, 0.3) is 6.08 Å². The molecule has 4 rings (SSSR count). The Morgan fingerprint density at radius 1 is 0.788 bits per heavy atom. The number of carbonyl (C=O) groups is 1. The maximum absolute atomic E-state index is 12.0. The minimum atomic E-state index is -0.0303. The number of piperazine rings is 1. The Balaban J connectivity index is 1.22. The molecule has 4 nitrogen and oxygen atoms in total. The molecule has 0 unspecified atom stereocenters. The number of hydrogen-bond donors (Lipinski definition) is 1. The molecule has 1 heterocycles. The molecule has 0 bridgehead atoms. The molecule has 0 atom stereocenters. The second-order valence-electron chi connectivity index (χ2n) is 8.49. The van der Waals surface area contributed by atoms with Crippen molar-refractivity contribution in [1.29, 1.82) is 0 Å². The summed E-state index contributed by atoms with van der Waals surface area (Å²) in [6, 6.07) is 31.8. The van der Waals surface area contributed by atoms with Gasteiger partial charge in [-0.05, 0) is 35.7 Å². The second kappa shape index (κ2) is 12.1. The highest BCUT2D eigenvalue weighted by atomic mass is 16.1. The number of hydrogen-bond acceptors (Lipinski definition) is 3. The third-order valence-electron chi connectivity index (χ3n) is 6.18. The Kier molecular flexibility index (Phi) is 8.45. The van der Waals surface area contributed by atoms with Crippen LogP contribution in [0.3, 0.4) is 0 Å². The maximum atomic E-state index is 12.0. The van der Waals surface area contributed by atoms with Crippen molar-refractivity contribution in [1.82, 2.24) is 15.1 Å². The third kappa shape index (κ3) is 6.88. The van der Waals surface area contributed by atoms with Crippen LogP contribution in [0.2, 0.25) is 0 Å². The smallest absolute Gasteiger partial charge is 0.243 e. The van der Waals surface area contributed by atoms with Crippen LogP contribution in [-0.4, -0.2) is 55.0 Å². The SMILES string of the molecule is O=C(/C=C/c1ccccc1)NCCCN1CCN(C(c2ccccc2)c2ccccc2)CC1. The molecule has 1 N–H and O–H groups in total. The standard InChI is InChI=1S/C29H33N3O/c33-28(18-17-25-11-4-1-5-12-25)30-19-10-20-31-21-23-32(24-22-31)29(26-13-6-2-7-14-26)27-15-8-3-9-16-27/h1-9,11-18,29H,10,19-24H2,(H,30,33)/b18-17+. The highest BCUT2D eigenvalue weighted by molar-refractivity contribution is 5.91. The van der Waals surface area contributed by atoms with Crippen LogP contribution in [0.15, 0.2) is 97.1 Å². The first kappa shape index (κ1) is 23.0. The third-order valence-corrected chi connectivity index (χ3v) is 6.18. The molecule has 1 amide bonds. The van der Waals surface area contributed by atoms with Gasteiger partial charge in [0.15, 0.2) is 0 Å². The first-order valence-corrected chi connectivity index (χ1v) is 11.9. The monoisotopic (exact) mass is 439 g/mol. The van der Waals surface area contributed by atoms with E-state index in [0.717, 1.165) is 44.7 Å².